The number of fused-ring (bicyclic) bond motifs is 5. The predicted octanol–water partition coefficient (Wildman–Crippen LogP) is 2.58. The minimum absolute atomic E-state index is 0.390. The van der Waals surface area contributed by atoms with Crippen molar-refractivity contribution in [2.24, 2.45) is 0 Å². The summed E-state index contributed by atoms with van der Waals surface area (Å²) < 4.78 is 0. The first-order valence-corrected chi connectivity index (χ1v) is 4.54. The van der Waals surface area contributed by atoms with Crippen LogP contribution in [0.15, 0.2) is 42.5 Å². The van der Waals surface area contributed by atoms with Gasteiger partial charge in [0, 0.05) is 17.5 Å². The van der Waals surface area contributed by atoms with Gasteiger partial charge < -0.3 is 5.73 Å². The summed E-state index contributed by atoms with van der Waals surface area (Å²) in [5.41, 5.74) is 10.8. The van der Waals surface area contributed by atoms with Crippen molar-refractivity contribution in [2.75, 3.05) is 5.73 Å². The van der Waals surface area contributed by atoms with Crippen molar-refractivity contribution in [3.8, 4) is 0 Å². The maximum atomic E-state index is 5.95. The van der Waals surface area contributed by atoms with Crippen molar-refractivity contribution in [3.05, 3.63) is 53.6 Å². The summed E-state index contributed by atoms with van der Waals surface area (Å²) in [6, 6.07) is 6.15. The van der Waals surface area contributed by atoms with Gasteiger partial charge in [0.05, 0.1) is 0 Å². The zero-order chi connectivity index (χ0) is 9.00. The van der Waals surface area contributed by atoms with Gasteiger partial charge in [-0.05, 0) is 17.2 Å². The summed E-state index contributed by atoms with van der Waals surface area (Å²) in [5, 5.41) is 0. The predicted molar refractivity (Wildman–Crippen MR) is 54.6 cm³/mol. The van der Waals surface area contributed by atoms with E-state index < -0.39 is 0 Å². The molecule has 0 radical (unpaired) electrons. The molecule has 0 heterocycles. The molecule has 0 aromatic heterocycles. The van der Waals surface area contributed by atoms with Gasteiger partial charge in [-0.1, -0.05) is 36.4 Å². The molecule has 64 valence electrons. The van der Waals surface area contributed by atoms with Crippen LogP contribution in [-0.4, -0.2) is 0 Å². The van der Waals surface area contributed by atoms with E-state index in [9.17, 15) is 0 Å². The molecule has 2 unspecified atom stereocenters. The van der Waals surface area contributed by atoms with Gasteiger partial charge in [0.1, 0.15) is 0 Å². The fourth-order valence-electron chi connectivity index (χ4n) is 2.48. The van der Waals surface area contributed by atoms with Crippen molar-refractivity contribution in [2.45, 2.75) is 11.8 Å². The minimum Gasteiger partial charge on any atom is -0.398 e. The van der Waals surface area contributed by atoms with E-state index in [0.717, 1.165) is 5.69 Å². The third kappa shape index (κ3) is 0.676. The summed E-state index contributed by atoms with van der Waals surface area (Å²) in [4.78, 5) is 0. The highest BCUT2D eigenvalue weighted by molar-refractivity contribution is 5.67. The maximum absolute atomic E-state index is 5.95. The topological polar surface area (TPSA) is 26.0 Å². The van der Waals surface area contributed by atoms with Gasteiger partial charge in [0.25, 0.3) is 0 Å². The molecule has 0 amide bonds. The van der Waals surface area contributed by atoms with E-state index >= 15 is 0 Å². The SMILES string of the molecule is C=C1C2C=CC1c1c(N)cccc12. The third-order valence-electron chi connectivity index (χ3n) is 3.11. The quantitative estimate of drug-likeness (QED) is 0.469. The molecular weight excluding hydrogens is 158 g/mol. The molecular formula is C12H11N. The van der Waals surface area contributed by atoms with Crippen molar-refractivity contribution >= 4 is 5.69 Å². The summed E-state index contributed by atoms with van der Waals surface area (Å²) in [5.74, 6) is 0.824. The summed E-state index contributed by atoms with van der Waals surface area (Å²) in [7, 11) is 0. The molecule has 2 N–H and O–H groups in total. The van der Waals surface area contributed by atoms with E-state index in [4.69, 9.17) is 5.73 Å². The van der Waals surface area contributed by atoms with Crippen LogP contribution in [0.2, 0.25) is 0 Å². The largest absolute Gasteiger partial charge is 0.398 e. The van der Waals surface area contributed by atoms with Crippen LogP contribution in [0.25, 0.3) is 0 Å². The van der Waals surface area contributed by atoms with Gasteiger partial charge >= 0.3 is 0 Å². The lowest BCUT2D eigenvalue weighted by atomic mass is 9.95. The molecule has 2 atom stereocenters. The van der Waals surface area contributed by atoms with Gasteiger partial charge in [-0.25, -0.2) is 0 Å². The molecule has 0 saturated carbocycles. The first-order valence-electron chi connectivity index (χ1n) is 4.54. The Balaban J connectivity index is 2.33. The number of nitrogens with two attached hydrogens (primary N) is 1. The molecule has 0 fully saturated rings. The number of benzene rings is 1. The Labute approximate surface area is 77.6 Å². The monoisotopic (exact) mass is 169 g/mol. The number of hydrogen-bond acceptors (Lipinski definition) is 1. The van der Waals surface area contributed by atoms with Crippen LogP contribution < -0.4 is 5.73 Å². The molecule has 0 aliphatic heterocycles. The molecule has 0 spiro atoms. The summed E-state index contributed by atoms with van der Waals surface area (Å²) >= 11 is 0. The molecule has 1 aromatic carbocycles. The highest BCUT2D eigenvalue weighted by atomic mass is 14.6. The zero-order valence-electron chi connectivity index (χ0n) is 7.33. The molecule has 2 bridgehead atoms. The Morgan fingerprint density at radius 3 is 2.69 bits per heavy atom. The molecule has 2 aliphatic carbocycles. The Kier molecular flexibility index (Phi) is 1.10. The van der Waals surface area contributed by atoms with Crippen molar-refractivity contribution in [1.82, 2.24) is 0 Å². The van der Waals surface area contributed by atoms with E-state index in [1.807, 2.05) is 12.1 Å². The Morgan fingerprint density at radius 2 is 1.92 bits per heavy atom. The van der Waals surface area contributed by atoms with Gasteiger partial charge in [-0.2, -0.15) is 0 Å². The van der Waals surface area contributed by atoms with Crippen molar-refractivity contribution in [1.29, 1.82) is 0 Å². The summed E-state index contributed by atoms with van der Waals surface area (Å²) in [6.45, 7) is 4.12. The summed E-state index contributed by atoms with van der Waals surface area (Å²) in [6.07, 6.45) is 4.44. The number of allylic oxidation sites excluding steroid dienone is 3. The zero-order valence-corrected chi connectivity index (χ0v) is 7.33. The van der Waals surface area contributed by atoms with Crippen LogP contribution in [0.5, 0.6) is 0 Å². The molecule has 1 nitrogen and oxygen atoms in total. The standard InChI is InChI=1S/C12H11N/c1-7-8-5-6-9(7)12-10(8)3-2-4-11(12)13/h2-6,8-9H,1,13H2. The fraction of sp³-hybridized carbons (Fsp3) is 0.167. The highest BCUT2D eigenvalue weighted by Gasteiger charge is 2.36. The molecule has 0 saturated heterocycles. The third-order valence-corrected chi connectivity index (χ3v) is 3.11. The molecule has 3 rings (SSSR count). The fourth-order valence-corrected chi connectivity index (χ4v) is 2.48. The Morgan fingerprint density at radius 1 is 1.15 bits per heavy atom. The van der Waals surface area contributed by atoms with Crippen LogP contribution in [0.1, 0.15) is 23.0 Å². The van der Waals surface area contributed by atoms with Crippen LogP contribution in [-0.2, 0) is 0 Å². The lowest BCUT2D eigenvalue weighted by molar-refractivity contribution is 1.05. The molecule has 1 aromatic rings. The first kappa shape index (κ1) is 6.96. The van der Waals surface area contributed by atoms with Gasteiger partial charge in [0.2, 0.25) is 0 Å². The van der Waals surface area contributed by atoms with Gasteiger partial charge in [-0.3, -0.25) is 0 Å². The maximum Gasteiger partial charge on any atom is 0.0359 e. The molecule has 2 aliphatic rings. The minimum atomic E-state index is 0.390. The Hall–Kier alpha value is -1.50. The van der Waals surface area contributed by atoms with Crippen LogP contribution in [0.4, 0.5) is 5.69 Å². The van der Waals surface area contributed by atoms with E-state index in [2.05, 4.69) is 24.8 Å². The van der Waals surface area contributed by atoms with E-state index in [1.165, 1.54) is 16.7 Å². The first-order chi connectivity index (χ1) is 6.29. The number of rotatable bonds is 0. The van der Waals surface area contributed by atoms with E-state index in [0.29, 0.717) is 11.8 Å². The smallest absolute Gasteiger partial charge is 0.0359 e. The lowest BCUT2D eigenvalue weighted by Gasteiger charge is -2.11. The molecule has 13 heavy (non-hydrogen) atoms. The van der Waals surface area contributed by atoms with Crippen LogP contribution in [0.3, 0.4) is 0 Å². The second-order valence-corrected chi connectivity index (χ2v) is 3.77. The van der Waals surface area contributed by atoms with Crippen molar-refractivity contribution < 1.29 is 0 Å². The average molecular weight is 169 g/mol. The number of anilines is 1. The van der Waals surface area contributed by atoms with Crippen LogP contribution >= 0.6 is 0 Å². The van der Waals surface area contributed by atoms with Gasteiger partial charge in [-0.15, -0.1) is 0 Å². The Bertz CT molecular complexity index is 429. The number of nitrogen functional groups attached to an aromatic ring is 1. The second-order valence-electron chi connectivity index (χ2n) is 3.77. The second kappa shape index (κ2) is 2.05. The van der Waals surface area contributed by atoms with Crippen molar-refractivity contribution in [3.63, 3.8) is 0 Å². The average Bonchev–Trinajstić information content (AvgIpc) is 2.61. The van der Waals surface area contributed by atoms with Crippen LogP contribution in [0, 0.1) is 0 Å². The normalized spacial score (nSPS) is 28.2. The van der Waals surface area contributed by atoms with E-state index in [-0.39, 0.29) is 0 Å². The van der Waals surface area contributed by atoms with E-state index in [1.54, 1.807) is 0 Å². The lowest BCUT2D eigenvalue weighted by Crippen LogP contribution is -1.98. The van der Waals surface area contributed by atoms with Gasteiger partial charge in [0.15, 0.2) is 0 Å². The number of hydrogen-bond donors (Lipinski definition) is 1. The molecule has 1 heteroatoms. The highest BCUT2D eigenvalue weighted by Crippen LogP contribution is 2.53.